The molecular formula is C20H22N6OS. The monoisotopic (exact) mass is 394 g/mol. The summed E-state index contributed by atoms with van der Waals surface area (Å²) < 4.78 is 1.81. The number of hydrogen-bond donors (Lipinski definition) is 2. The molecule has 8 heteroatoms. The van der Waals surface area contributed by atoms with Crippen molar-refractivity contribution in [3.8, 4) is 0 Å². The average Bonchev–Trinajstić information content (AvgIpc) is 3.25. The molecule has 3 aromatic rings. The first kappa shape index (κ1) is 18.6. The molecule has 1 fully saturated rings. The Morgan fingerprint density at radius 3 is 2.79 bits per heavy atom. The highest BCUT2D eigenvalue weighted by Gasteiger charge is 2.18. The summed E-state index contributed by atoms with van der Waals surface area (Å²) in [6.45, 7) is 1.94. The second-order valence-corrected chi connectivity index (χ2v) is 7.74. The number of thioether (sulfide) groups is 1. The highest BCUT2D eigenvalue weighted by atomic mass is 32.2. The van der Waals surface area contributed by atoms with Gasteiger partial charge in [0.1, 0.15) is 0 Å². The van der Waals surface area contributed by atoms with Crippen molar-refractivity contribution in [3.63, 3.8) is 0 Å². The van der Waals surface area contributed by atoms with Crippen LogP contribution in [0.1, 0.15) is 34.9 Å². The third kappa shape index (κ3) is 4.76. The fourth-order valence-corrected chi connectivity index (χ4v) is 3.94. The number of anilines is 1. The van der Waals surface area contributed by atoms with Crippen molar-refractivity contribution in [2.45, 2.75) is 29.5 Å². The van der Waals surface area contributed by atoms with E-state index in [0.717, 1.165) is 42.3 Å². The van der Waals surface area contributed by atoms with Crippen LogP contribution in [0, 0.1) is 0 Å². The van der Waals surface area contributed by atoms with Crippen molar-refractivity contribution in [3.05, 3.63) is 66.2 Å². The molecule has 0 saturated carbocycles. The third-order valence-corrected chi connectivity index (χ3v) is 5.75. The van der Waals surface area contributed by atoms with E-state index in [1.807, 2.05) is 41.2 Å². The van der Waals surface area contributed by atoms with Crippen LogP contribution in [0.15, 0.2) is 59.9 Å². The van der Waals surface area contributed by atoms with E-state index in [1.54, 1.807) is 24.2 Å². The largest absolute Gasteiger partial charge is 0.321 e. The van der Waals surface area contributed by atoms with Crippen LogP contribution in [0.5, 0.6) is 0 Å². The quantitative estimate of drug-likeness (QED) is 0.625. The number of nitrogens with one attached hydrogen (secondary N) is 2. The van der Waals surface area contributed by atoms with E-state index in [9.17, 15) is 4.79 Å². The number of pyridine rings is 1. The van der Waals surface area contributed by atoms with Gasteiger partial charge < -0.3 is 10.6 Å². The number of amides is 1. The lowest BCUT2D eigenvalue weighted by atomic mass is 10.1. The number of rotatable bonds is 6. The van der Waals surface area contributed by atoms with Gasteiger partial charge in [0, 0.05) is 28.7 Å². The Hall–Kier alpha value is -2.71. The number of benzene rings is 1. The summed E-state index contributed by atoms with van der Waals surface area (Å²) in [6, 6.07) is 12.1. The third-order valence-electron chi connectivity index (χ3n) is 4.67. The van der Waals surface area contributed by atoms with Crippen LogP contribution in [0.4, 0.5) is 5.69 Å². The molecular weight excluding hydrogens is 372 g/mol. The number of aromatic nitrogens is 4. The second-order valence-electron chi connectivity index (χ2n) is 6.69. The van der Waals surface area contributed by atoms with Crippen molar-refractivity contribution in [2.75, 3.05) is 18.4 Å². The number of nitrogens with zero attached hydrogens (tertiary/aromatic N) is 4. The molecule has 1 aliphatic heterocycles. The van der Waals surface area contributed by atoms with Crippen LogP contribution >= 0.6 is 11.8 Å². The molecule has 0 aliphatic carbocycles. The summed E-state index contributed by atoms with van der Waals surface area (Å²) in [5.41, 5.74) is 2.27. The van der Waals surface area contributed by atoms with Crippen LogP contribution in [0.25, 0.3) is 0 Å². The highest BCUT2D eigenvalue weighted by Crippen LogP contribution is 2.24. The predicted octanol–water partition coefficient (Wildman–Crippen LogP) is 3.14. The van der Waals surface area contributed by atoms with E-state index in [4.69, 9.17) is 0 Å². The Morgan fingerprint density at radius 1 is 1.21 bits per heavy atom. The van der Waals surface area contributed by atoms with Gasteiger partial charge in [-0.3, -0.25) is 9.78 Å². The smallest absolute Gasteiger partial charge is 0.277 e. The van der Waals surface area contributed by atoms with Crippen molar-refractivity contribution >= 4 is 23.4 Å². The zero-order chi connectivity index (χ0) is 19.2. The first-order valence-corrected chi connectivity index (χ1v) is 10.3. The fourth-order valence-electron chi connectivity index (χ4n) is 3.11. The molecule has 0 spiro atoms. The van der Waals surface area contributed by atoms with E-state index in [0.29, 0.717) is 11.7 Å². The standard InChI is InChI=1S/C20H22N6OS/c27-20(19-13-26(25-24-19)17-7-10-21-11-8-17)23-16-3-5-18(6-4-16)28-14-15-2-1-9-22-12-15/h1-6,9,12-13,17,21H,7-8,10-11,14H2,(H,23,27). The normalized spacial score (nSPS) is 14.7. The van der Waals surface area contributed by atoms with Gasteiger partial charge >= 0.3 is 0 Å². The Balaban J connectivity index is 1.32. The van der Waals surface area contributed by atoms with Gasteiger partial charge in [-0.25, -0.2) is 4.68 Å². The maximum absolute atomic E-state index is 12.5. The molecule has 2 aromatic heterocycles. The fraction of sp³-hybridized carbons (Fsp3) is 0.300. The summed E-state index contributed by atoms with van der Waals surface area (Å²) in [4.78, 5) is 17.7. The molecule has 0 radical (unpaired) electrons. The molecule has 2 N–H and O–H groups in total. The average molecular weight is 395 g/mol. The first-order chi connectivity index (χ1) is 13.8. The summed E-state index contributed by atoms with van der Waals surface area (Å²) in [7, 11) is 0. The first-order valence-electron chi connectivity index (χ1n) is 9.33. The van der Waals surface area contributed by atoms with Crippen LogP contribution < -0.4 is 10.6 Å². The predicted molar refractivity (Wildman–Crippen MR) is 109 cm³/mol. The summed E-state index contributed by atoms with van der Waals surface area (Å²) in [6.07, 6.45) is 7.39. The van der Waals surface area contributed by atoms with Gasteiger partial charge in [0.15, 0.2) is 5.69 Å². The summed E-state index contributed by atoms with van der Waals surface area (Å²) in [5.74, 6) is 0.621. The maximum Gasteiger partial charge on any atom is 0.277 e. The van der Waals surface area contributed by atoms with Gasteiger partial charge in [-0.1, -0.05) is 11.3 Å². The Bertz CT molecular complexity index is 906. The SMILES string of the molecule is O=C(Nc1ccc(SCc2cccnc2)cc1)c1cn(C2CCNCC2)nn1. The molecule has 0 bridgehead atoms. The van der Waals surface area contributed by atoms with Crippen molar-refractivity contribution in [2.24, 2.45) is 0 Å². The number of carbonyl (C=O) groups excluding carboxylic acids is 1. The van der Waals surface area contributed by atoms with E-state index in [1.165, 1.54) is 5.56 Å². The van der Waals surface area contributed by atoms with Gasteiger partial charge in [-0.15, -0.1) is 16.9 Å². The molecule has 7 nitrogen and oxygen atoms in total. The zero-order valence-electron chi connectivity index (χ0n) is 15.4. The molecule has 3 heterocycles. The molecule has 0 unspecified atom stereocenters. The lowest BCUT2D eigenvalue weighted by molar-refractivity contribution is 0.102. The van der Waals surface area contributed by atoms with Crippen LogP contribution in [-0.2, 0) is 5.75 Å². The van der Waals surface area contributed by atoms with E-state index >= 15 is 0 Å². The lowest BCUT2D eigenvalue weighted by Gasteiger charge is -2.22. The highest BCUT2D eigenvalue weighted by molar-refractivity contribution is 7.98. The van der Waals surface area contributed by atoms with Gasteiger partial charge in [0.05, 0.1) is 12.2 Å². The molecule has 1 aliphatic rings. The van der Waals surface area contributed by atoms with Gasteiger partial charge in [0.2, 0.25) is 0 Å². The molecule has 4 rings (SSSR count). The molecule has 0 atom stereocenters. The topological polar surface area (TPSA) is 84.7 Å². The minimum atomic E-state index is -0.240. The molecule has 1 amide bonds. The van der Waals surface area contributed by atoms with E-state index in [-0.39, 0.29) is 5.91 Å². The Morgan fingerprint density at radius 2 is 2.04 bits per heavy atom. The van der Waals surface area contributed by atoms with Crippen molar-refractivity contribution < 1.29 is 4.79 Å². The molecule has 28 heavy (non-hydrogen) atoms. The lowest BCUT2D eigenvalue weighted by Crippen LogP contribution is -2.29. The van der Waals surface area contributed by atoms with Crippen molar-refractivity contribution in [1.82, 2.24) is 25.3 Å². The maximum atomic E-state index is 12.5. The Labute approximate surface area is 167 Å². The van der Waals surface area contributed by atoms with Crippen molar-refractivity contribution in [1.29, 1.82) is 0 Å². The number of carbonyl (C=O) groups is 1. The number of hydrogen-bond acceptors (Lipinski definition) is 6. The molecule has 1 saturated heterocycles. The van der Waals surface area contributed by atoms with Crippen LogP contribution in [0.2, 0.25) is 0 Å². The second kappa shape index (κ2) is 8.99. The minimum absolute atomic E-state index is 0.240. The molecule has 144 valence electrons. The minimum Gasteiger partial charge on any atom is -0.321 e. The van der Waals surface area contributed by atoms with Crippen LogP contribution in [0.3, 0.4) is 0 Å². The van der Waals surface area contributed by atoms with E-state index in [2.05, 4.69) is 32.0 Å². The number of piperidine rings is 1. The van der Waals surface area contributed by atoms with Gasteiger partial charge in [-0.05, 0) is 61.8 Å². The summed E-state index contributed by atoms with van der Waals surface area (Å²) in [5, 5.41) is 14.4. The summed E-state index contributed by atoms with van der Waals surface area (Å²) >= 11 is 1.73. The van der Waals surface area contributed by atoms with Gasteiger partial charge in [-0.2, -0.15) is 0 Å². The van der Waals surface area contributed by atoms with Crippen LogP contribution in [-0.4, -0.2) is 39.0 Å². The molecule has 1 aromatic carbocycles. The zero-order valence-corrected chi connectivity index (χ0v) is 16.2. The Kier molecular flexibility index (Phi) is 5.98. The van der Waals surface area contributed by atoms with E-state index < -0.39 is 0 Å². The van der Waals surface area contributed by atoms with Gasteiger partial charge in [0.25, 0.3) is 5.91 Å².